The molecule has 4 nitrogen and oxygen atoms in total. The summed E-state index contributed by atoms with van der Waals surface area (Å²) in [5.41, 5.74) is 6.80. The maximum Gasteiger partial charge on any atom is 0.251 e. The lowest BCUT2D eigenvalue weighted by Gasteiger charge is -2.15. The van der Waals surface area contributed by atoms with Crippen molar-refractivity contribution in [3.05, 3.63) is 70.2 Å². The van der Waals surface area contributed by atoms with Crippen LogP contribution in [0.1, 0.15) is 15.9 Å². The van der Waals surface area contributed by atoms with E-state index in [1.54, 1.807) is 24.3 Å². The molecule has 108 valence electrons. The third-order valence-corrected chi connectivity index (χ3v) is 3.57. The van der Waals surface area contributed by atoms with Crippen LogP contribution in [0, 0.1) is 0 Å². The van der Waals surface area contributed by atoms with Gasteiger partial charge in [0.2, 0.25) is 5.91 Å². The van der Waals surface area contributed by atoms with Gasteiger partial charge in [-0.2, -0.15) is 0 Å². The average Bonchev–Trinajstić information content (AvgIpc) is 2.49. The molecule has 0 fully saturated rings. The fourth-order valence-electron chi connectivity index (χ4n) is 1.91. The number of primary amides is 1. The monoisotopic (exact) mass is 346 g/mol. The Kier molecular flexibility index (Phi) is 5.11. The Labute approximate surface area is 131 Å². The van der Waals surface area contributed by atoms with Crippen molar-refractivity contribution in [1.82, 2.24) is 5.32 Å². The predicted octanol–water partition coefficient (Wildman–Crippen LogP) is 2.28. The summed E-state index contributed by atoms with van der Waals surface area (Å²) in [6, 6.07) is 15.5. The molecule has 0 aliphatic rings. The summed E-state index contributed by atoms with van der Waals surface area (Å²) >= 11 is 3.35. The van der Waals surface area contributed by atoms with Crippen LogP contribution in [0.25, 0.3) is 0 Å². The van der Waals surface area contributed by atoms with Gasteiger partial charge < -0.3 is 11.1 Å². The zero-order valence-electron chi connectivity index (χ0n) is 11.3. The topological polar surface area (TPSA) is 72.2 Å². The molecule has 5 heteroatoms. The van der Waals surface area contributed by atoms with Crippen LogP contribution in [0.5, 0.6) is 0 Å². The van der Waals surface area contributed by atoms with Gasteiger partial charge in [-0.3, -0.25) is 9.59 Å². The van der Waals surface area contributed by atoms with Crippen LogP contribution in [0.3, 0.4) is 0 Å². The van der Waals surface area contributed by atoms with Gasteiger partial charge in [0.05, 0.1) is 0 Å². The molecule has 0 aliphatic heterocycles. The van der Waals surface area contributed by atoms with Gasteiger partial charge in [-0.1, -0.05) is 46.3 Å². The standard InChI is InChI=1S/C16H15BrN2O2/c17-13-8-6-11(7-9-13)10-14(15(18)20)19-16(21)12-4-2-1-3-5-12/h1-9,14H,10H2,(H2,18,20)(H,19,21)/t14-/m1/s1. The molecule has 21 heavy (non-hydrogen) atoms. The largest absolute Gasteiger partial charge is 0.368 e. The molecule has 0 spiro atoms. The minimum Gasteiger partial charge on any atom is -0.368 e. The second-order valence-electron chi connectivity index (χ2n) is 4.63. The van der Waals surface area contributed by atoms with Gasteiger partial charge in [0, 0.05) is 16.5 Å². The summed E-state index contributed by atoms with van der Waals surface area (Å²) in [6.07, 6.45) is 0.362. The zero-order valence-corrected chi connectivity index (χ0v) is 12.8. The van der Waals surface area contributed by atoms with Gasteiger partial charge in [-0.05, 0) is 29.8 Å². The summed E-state index contributed by atoms with van der Waals surface area (Å²) in [5.74, 6) is -0.862. The number of carbonyl (C=O) groups excluding carboxylic acids is 2. The molecule has 1 atom stereocenters. The molecule has 0 saturated heterocycles. The maximum atomic E-state index is 12.1. The van der Waals surface area contributed by atoms with E-state index in [2.05, 4.69) is 21.2 Å². The summed E-state index contributed by atoms with van der Waals surface area (Å²) < 4.78 is 0.954. The van der Waals surface area contributed by atoms with Gasteiger partial charge in [0.15, 0.2) is 0 Å². The summed E-state index contributed by atoms with van der Waals surface area (Å²) in [7, 11) is 0. The fraction of sp³-hybridized carbons (Fsp3) is 0.125. The molecule has 3 N–H and O–H groups in total. The van der Waals surface area contributed by atoms with Crippen LogP contribution in [0.15, 0.2) is 59.1 Å². The van der Waals surface area contributed by atoms with E-state index in [1.807, 2.05) is 30.3 Å². The molecule has 0 heterocycles. The van der Waals surface area contributed by atoms with Crippen molar-refractivity contribution in [2.75, 3.05) is 0 Å². The van der Waals surface area contributed by atoms with Crippen molar-refractivity contribution in [1.29, 1.82) is 0 Å². The first-order valence-corrected chi connectivity index (χ1v) is 7.25. The van der Waals surface area contributed by atoms with E-state index in [4.69, 9.17) is 5.73 Å². The number of amides is 2. The van der Waals surface area contributed by atoms with E-state index in [0.29, 0.717) is 12.0 Å². The average molecular weight is 347 g/mol. The van der Waals surface area contributed by atoms with Crippen LogP contribution in [-0.2, 0) is 11.2 Å². The van der Waals surface area contributed by atoms with Crippen molar-refractivity contribution in [3.63, 3.8) is 0 Å². The van der Waals surface area contributed by atoms with Crippen LogP contribution >= 0.6 is 15.9 Å². The highest BCUT2D eigenvalue weighted by atomic mass is 79.9. The molecular formula is C16H15BrN2O2. The highest BCUT2D eigenvalue weighted by Crippen LogP contribution is 2.12. The van der Waals surface area contributed by atoms with E-state index in [-0.39, 0.29) is 5.91 Å². The number of nitrogens with one attached hydrogen (secondary N) is 1. The number of rotatable bonds is 5. The van der Waals surface area contributed by atoms with E-state index in [9.17, 15) is 9.59 Å². The Balaban J connectivity index is 2.07. The predicted molar refractivity (Wildman–Crippen MR) is 84.7 cm³/mol. The van der Waals surface area contributed by atoms with Crippen LogP contribution in [0.4, 0.5) is 0 Å². The molecule has 0 unspecified atom stereocenters. The number of benzene rings is 2. The van der Waals surface area contributed by atoms with E-state index in [0.717, 1.165) is 10.0 Å². The summed E-state index contributed by atoms with van der Waals surface area (Å²) in [5, 5.41) is 2.67. The number of carbonyl (C=O) groups is 2. The highest BCUT2D eigenvalue weighted by molar-refractivity contribution is 9.10. The maximum absolute atomic E-state index is 12.1. The quantitative estimate of drug-likeness (QED) is 0.871. The van der Waals surface area contributed by atoms with Crippen molar-refractivity contribution < 1.29 is 9.59 Å². The van der Waals surface area contributed by atoms with Crippen LogP contribution in [0.2, 0.25) is 0 Å². The fourth-order valence-corrected chi connectivity index (χ4v) is 2.17. The first-order valence-electron chi connectivity index (χ1n) is 6.46. The molecule has 2 aromatic carbocycles. The number of hydrogen-bond donors (Lipinski definition) is 2. The number of halogens is 1. The molecule has 0 saturated carbocycles. The third-order valence-electron chi connectivity index (χ3n) is 3.04. The smallest absolute Gasteiger partial charge is 0.251 e. The molecule has 2 amide bonds. The van der Waals surface area contributed by atoms with Gasteiger partial charge in [0.25, 0.3) is 5.91 Å². The van der Waals surface area contributed by atoms with Crippen molar-refractivity contribution in [2.45, 2.75) is 12.5 Å². The third kappa shape index (κ3) is 4.43. The lowest BCUT2D eigenvalue weighted by molar-refractivity contribution is -0.119. The zero-order chi connectivity index (χ0) is 15.2. The Morgan fingerprint density at radius 1 is 1.05 bits per heavy atom. The molecule has 2 rings (SSSR count). The molecule has 0 radical (unpaired) electrons. The first kappa shape index (κ1) is 15.3. The highest BCUT2D eigenvalue weighted by Gasteiger charge is 2.19. The summed E-state index contributed by atoms with van der Waals surface area (Å²) in [6.45, 7) is 0. The number of nitrogens with two attached hydrogens (primary N) is 1. The molecule has 0 bridgehead atoms. The second-order valence-corrected chi connectivity index (χ2v) is 5.54. The number of hydrogen-bond acceptors (Lipinski definition) is 2. The second kappa shape index (κ2) is 7.04. The lowest BCUT2D eigenvalue weighted by Crippen LogP contribution is -2.45. The van der Waals surface area contributed by atoms with Crippen LogP contribution < -0.4 is 11.1 Å². The van der Waals surface area contributed by atoms with Gasteiger partial charge >= 0.3 is 0 Å². The molecule has 2 aromatic rings. The Bertz CT molecular complexity index is 626. The van der Waals surface area contributed by atoms with E-state index in [1.165, 1.54) is 0 Å². The first-order chi connectivity index (χ1) is 10.1. The van der Waals surface area contributed by atoms with Crippen LogP contribution in [-0.4, -0.2) is 17.9 Å². The van der Waals surface area contributed by atoms with Crippen molar-refractivity contribution in [3.8, 4) is 0 Å². The SMILES string of the molecule is NC(=O)[C@@H](Cc1ccc(Br)cc1)NC(=O)c1ccccc1. The van der Waals surface area contributed by atoms with Gasteiger partial charge in [0.1, 0.15) is 6.04 Å². The lowest BCUT2D eigenvalue weighted by atomic mass is 10.0. The van der Waals surface area contributed by atoms with Gasteiger partial charge in [-0.25, -0.2) is 0 Å². The Morgan fingerprint density at radius 2 is 1.67 bits per heavy atom. The Morgan fingerprint density at radius 3 is 2.24 bits per heavy atom. The van der Waals surface area contributed by atoms with Gasteiger partial charge in [-0.15, -0.1) is 0 Å². The van der Waals surface area contributed by atoms with E-state index < -0.39 is 11.9 Å². The normalized spacial score (nSPS) is 11.7. The van der Waals surface area contributed by atoms with Crippen molar-refractivity contribution >= 4 is 27.7 Å². The van der Waals surface area contributed by atoms with Crippen molar-refractivity contribution in [2.24, 2.45) is 5.73 Å². The minimum absolute atomic E-state index is 0.309. The molecule has 0 aliphatic carbocycles. The minimum atomic E-state index is -0.737. The van der Waals surface area contributed by atoms with E-state index >= 15 is 0 Å². The Hall–Kier alpha value is -2.14. The summed E-state index contributed by atoms with van der Waals surface area (Å²) in [4.78, 5) is 23.6. The molecule has 0 aromatic heterocycles. The molecular weight excluding hydrogens is 332 g/mol.